The third kappa shape index (κ3) is 78.3. The summed E-state index contributed by atoms with van der Waals surface area (Å²) in [5, 5.41) is 21.6. The van der Waals surface area contributed by atoms with E-state index in [2.05, 4.69) is 128 Å². The summed E-state index contributed by atoms with van der Waals surface area (Å²) in [6, 6.07) is 31.9. The molecular weight excluding hydrogens is 1760 g/mol. The summed E-state index contributed by atoms with van der Waals surface area (Å²) in [6.07, 6.45) is 13.5. The third-order valence-electron chi connectivity index (χ3n) is 18.7. The van der Waals surface area contributed by atoms with Crippen LogP contribution in [0.4, 0.5) is 0 Å². The van der Waals surface area contributed by atoms with Crippen LogP contribution in [0.15, 0.2) is 136 Å². The molecule has 0 fully saturated rings. The highest BCUT2D eigenvalue weighted by Gasteiger charge is 2.27. The van der Waals surface area contributed by atoms with Crippen molar-refractivity contribution in [2.75, 3.05) is 297 Å². The van der Waals surface area contributed by atoms with Crippen LogP contribution in [0.1, 0.15) is 200 Å². The Morgan fingerprint density at radius 2 is 0.387 bits per heavy atom. The lowest BCUT2D eigenvalue weighted by molar-refractivity contribution is -0.156. The molecule has 0 saturated carbocycles. The quantitative estimate of drug-likeness (QED) is 0.0180. The highest BCUT2D eigenvalue weighted by Crippen LogP contribution is 2.28. The molecule has 4 aromatic carbocycles. The fraction of sp³-hybridized carbons (Fsp3) is 0.648. The van der Waals surface area contributed by atoms with Gasteiger partial charge in [0.2, 0.25) is 0 Å². The SMILES string of the molecule is C=C(COCCOCCOCCC)c1ccc(C(=C)COCCOCCOCCC)cc1.C=C(COCCOCCOCCC)c1ccc(C(C)=COCCOCCOCCC)cc1.CC(=O)OC(C)=O.CCCOCCOCCOC=C(C)c1ccc(C(C)=COCCOCCOCCC)cc1.CCCOCCOCCOCC(C)(O)c1ccc(C(C)(O)COCCOCCOCCC)cc1. The molecular formula is C108H178O29. The molecule has 29 nitrogen and oxygen atoms in total. The normalized spacial score (nSPS) is 12.3. The summed E-state index contributed by atoms with van der Waals surface area (Å²) < 4.78 is 135. The number of allylic oxidation sites excluding steroid dienone is 3. The van der Waals surface area contributed by atoms with E-state index in [1.807, 2.05) is 45.0 Å². The molecule has 0 aromatic heterocycles. The lowest BCUT2D eigenvalue weighted by Crippen LogP contribution is -2.30. The van der Waals surface area contributed by atoms with E-state index in [1.54, 1.807) is 56.9 Å². The zero-order valence-corrected chi connectivity index (χ0v) is 86.5. The number of carbonyl (C=O) groups is 2. The molecule has 784 valence electrons. The first-order chi connectivity index (χ1) is 66.5. The van der Waals surface area contributed by atoms with Crippen molar-refractivity contribution >= 4 is 45.4 Å². The second-order valence-electron chi connectivity index (χ2n) is 31.8. The van der Waals surface area contributed by atoms with Crippen molar-refractivity contribution < 1.29 is 138 Å². The van der Waals surface area contributed by atoms with Crippen molar-refractivity contribution in [3.8, 4) is 0 Å². The van der Waals surface area contributed by atoms with E-state index in [-0.39, 0.29) is 13.2 Å². The molecule has 2 N–H and O–H groups in total. The van der Waals surface area contributed by atoms with Gasteiger partial charge in [-0.1, -0.05) is 172 Å². The largest absolute Gasteiger partial charge is 0.498 e. The maximum atomic E-state index is 10.8. The highest BCUT2D eigenvalue weighted by molar-refractivity contribution is 5.82. The first-order valence-electron chi connectivity index (χ1n) is 49.1. The van der Waals surface area contributed by atoms with Crippen LogP contribution in [-0.2, 0) is 139 Å². The molecule has 4 aromatic rings. The van der Waals surface area contributed by atoms with Crippen molar-refractivity contribution in [1.29, 1.82) is 0 Å². The van der Waals surface area contributed by atoms with E-state index in [0.717, 1.165) is 171 Å². The molecule has 0 spiro atoms. The second-order valence-corrected chi connectivity index (χ2v) is 31.8. The molecule has 137 heavy (non-hydrogen) atoms. The molecule has 29 heteroatoms. The number of hydrogen-bond donors (Lipinski definition) is 2. The zero-order chi connectivity index (χ0) is 101. The topological polar surface area (TPSA) is 305 Å². The van der Waals surface area contributed by atoms with Gasteiger partial charge in [0.25, 0.3) is 0 Å². The van der Waals surface area contributed by atoms with Gasteiger partial charge in [-0.25, -0.2) is 0 Å². The molecule has 2 atom stereocenters. The van der Waals surface area contributed by atoms with Crippen LogP contribution in [0.25, 0.3) is 33.4 Å². The number of hydrogen-bond acceptors (Lipinski definition) is 29. The molecule has 0 aliphatic rings. The smallest absolute Gasteiger partial charge is 0.310 e. The van der Waals surface area contributed by atoms with Crippen LogP contribution in [0.2, 0.25) is 0 Å². The Morgan fingerprint density at radius 3 is 0.555 bits per heavy atom. The maximum Gasteiger partial charge on any atom is 0.310 e. The molecule has 0 bridgehead atoms. The molecule has 2 unspecified atom stereocenters. The van der Waals surface area contributed by atoms with Crippen molar-refractivity contribution in [2.24, 2.45) is 0 Å². The Morgan fingerprint density at radius 1 is 0.234 bits per heavy atom. The van der Waals surface area contributed by atoms with E-state index >= 15 is 0 Å². The standard InChI is InChI=1S/C26H46O8.3C26H42O6.C4H6O3/c1-5-11-29-13-15-31-17-19-33-21-25(3,27)23-7-9-24(10-8-23)26(4,28)22-34-20-18-32-16-14-30-12-6-2;3*1-5-11-27-13-15-29-17-19-31-21-23(3)25-7-9-26(10-8-25)24(4)22-32-20-18-30-16-14-28-12-6-2;1-3(5)7-4(2)6/h7-10,27-28H,5-6,11-22H2,1-4H3;7-10,21-22H,5-6,11-20H2,1-4H3;7-10,22H,3,5-6,11-21H2,1-2,4H3;7-10H,3-6,11-22H2,1-2H3;1-2H3. The van der Waals surface area contributed by atoms with Gasteiger partial charge in [0.1, 0.15) is 31.0 Å². The fourth-order valence-electron chi connectivity index (χ4n) is 11.2. The number of aliphatic hydroxyl groups is 2. The summed E-state index contributed by atoms with van der Waals surface area (Å²) in [5.41, 5.74) is 11.6. The average Bonchev–Trinajstić information content (AvgIpc) is 0.813. The Bertz CT molecular complexity index is 3380. The van der Waals surface area contributed by atoms with Gasteiger partial charge in [0.05, 0.1) is 243 Å². The lowest BCUT2D eigenvalue weighted by atomic mass is 9.91. The lowest BCUT2D eigenvalue weighted by Gasteiger charge is -2.27. The van der Waals surface area contributed by atoms with E-state index in [1.165, 1.54) is 13.8 Å². The predicted molar refractivity (Wildman–Crippen MR) is 543 cm³/mol. The molecule has 0 amide bonds. The van der Waals surface area contributed by atoms with Crippen LogP contribution in [0.3, 0.4) is 0 Å². The summed E-state index contributed by atoms with van der Waals surface area (Å²) in [7, 11) is 0. The van der Waals surface area contributed by atoms with Crippen LogP contribution >= 0.6 is 0 Å². The van der Waals surface area contributed by atoms with Crippen LogP contribution in [0, 0.1) is 0 Å². The van der Waals surface area contributed by atoms with Crippen molar-refractivity contribution in [2.45, 2.75) is 166 Å². The Labute approximate surface area is 823 Å². The van der Waals surface area contributed by atoms with Gasteiger partial charge in [-0.15, -0.1) is 0 Å². The maximum absolute atomic E-state index is 10.8. The van der Waals surface area contributed by atoms with E-state index < -0.39 is 23.1 Å². The monoisotopic (exact) mass is 1940 g/mol. The van der Waals surface area contributed by atoms with Gasteiger partial charge in [-0.05, 0) is 164 Å². The molecule has 0 saturated heterocycles. The number of rotatable bonds is 85. The minimum atomic E-state index is -1.15. The first-order valence-corrected chi connectivity index (χ1v) is 49.1. The molecule has 0 heterocycles. The summed E-state index contributed by atoms with van der Waals surface area (Å²) in [5.74, 6) is -1.12. The fourth-order valence-corrected chi connectivity index (χ4v) is 11.2. The van der Waals surface area contributed by atoms with Gasteiger partial charge in [0, 0.05) is 66.7 Å². The molecule has 0 radical (unpaired) electrons. The van der Waals surface area contributed by atoms with E-state index in [9.17, 15) is 19.8 Å². The summed E-state index contributed by atoms with van der Waals surface area (Å²) in [4.78, 5) is 19.6. The summed E-state index contributed by atoms with van der Waals surface area (Å²) in [6.45, 7) is 66.6. The van der Waals surface area contributed by atoms with E-state index in [4.69, 9.17) is 114 Å². The number of esters is 2. The molecule has 0 aliphatic carbocycles. The number of ether oxygens (including phenoxy) is 25. The second kappa shape index (κ2) is 93.9. The van der Waals surface area contributed by atoms with Gasteiger partial charge in [-0.2, -0.15) is 0 Å². The van der Waals surface area contributed by atoms with Gasteiger partial charge in [-0.3, -0.25) is 9.59 Å². The van der Waals surface area contributed by atoms with Crippen LogP contribution in [-0.4, -0.2) is 319 Å². The van der Waals surface area contributed by atoms with Gasteiger partial charge < -0.3 is 129 Å². The van der Waals surface area contributed by atoms with Crippen LogP contribution in [0.5, 0.6) is 0 Å². The number of benzene rings is 4. The summed E-state index contributed by atoms with van der Waals surface area (Å²) >= 11 is 0. The first kappa shape index (κ1) is 130. The molecule has 0 aliphatic heterocycles. The van der Waals surface area contributed by atoms with Crippen molar-refractivity contribution in [3.05, 3.63) is 180 Å². The van der Waals surface area contributed by atoms with Crippen LogP contribution < -0.4 is 0 Å². The van der Waals surface area contributed by atoms with Gasteiger partial charge >= 0.3 is 11.9 Å². The van der Waals surface area contributed by atoms with E-state index in [0.29, 0.717) is 242 Å². The third-order valence-corrected chi connectivity index (χ3v) is 18.7. The number of carbonyl (C=O) groups excluding carboxylic acids is 2. The Balaban J connectivity index is 0.00000176. The van der Waals surface area contributed by atoms with Gasteiger partial charge in [0.15, 0.2) is 0 Å². The Kier molecular flexibility index (Phi) is 89.0. The minimum Gasteiger partial charge on any atom is -0.498 e. The predicted octanol–water partition coefficient (Wildman–Crippen LogP) is 18.1. The Hall–Kier alpha value is -7.06. The minimum absolute atomic E-state index is 0.144. The average molecular weight is 1940 g/mol. The van der Waals surface area contributed by atoms with Crippen molar-refractivity contribution in [3.63, 3.8) is 0 Å². The highest BCUT2D eigenvalue weighted by atomic mass is 16.6. The molecule has 4 rings (SSSR count). The zero-order valence-electron chi connectivity index (χ0n) is 86.5. The van der Waals surface area contributed by atoms with Crippen molar-refractivity contribution in [1.82, 2.24) is 0 Å².